The fraction of sp³-hybridized carbons (Fsp3) is 1.00. The van der Waals surface area contributed by atoms with Gasteiger partial charge in [0, 0.05) is 38.6 Å². The summed E-state index contributed by atoms with van der Waals surface area (Å²) in [4.78, 5) is 2.19. The number of likely N-dealkylation sites (N-methyl/N-ethyl adjacent to an activating group) is 1. The molecule has 0 aromatic rings. The van der Waals surface area contributed by atoms with Crippen LogP contribution in [0.4, 0.5) is 0 Å². The highest BCUT2D eigenvalue weighted by Gasteiger charge is 2.33. The Morgan fingerprint density at radius 3 is 2.26 bits per heavy atom. The number of halogens is 1. The second-order valence-electron chi connectivity index (χ2n) is 5.56. The number of alkyl halides is 1. The van der Waals surface area contributed by atoms with Crippen molar-refractivity contribution in [2.45, 2.75) is 19.3 Å². The Balaban J connectivity index is 1.97. The Kier molecular flexibility index (Phi) is 5.48. The highest BCUT2D eigenvalue weighted by Crippen LogP contribution is 2.22. The minimum Gasteiger partial charge on any atom is -0.305 e. The van der Waals surface area contributed by atoms with Gasteiger partial charge in [0.25, 0.3) is 10.2 Å². The van der Waals surface area contributed by atoms with Crippen LogP contribution in [-0.4, -0.2) is 74.1 Å². The highest BCUT2D eigenvalue weighted by atomic mass is 35.5. The molecule has 0 bridgehead atoms. The van der Waals surface area contributed by atoms with Gasteiger partial charge in [-0.1, -0.05) is 0 Å². The van der Waals surface area contributed by atoms with E-state index in [1.165, 1.54) is 0 Å². The molecule has 0 saturated carbocycles. The van der Waals surface area contributed by atoms with E-state index < -0.39 is 10.2 Å². The van der Waals surface area contributed by atoms with E-state index in [-0.39, 0.29) is 0 Å². The SMILES string of the molecule is CN1CCCN(S(=O)(=O)N2CCC(CCl)CC2)CC1. The number of hydrogen-bond donors (Lipinski definition) is 0. The number of nitrogens with zero attached hydrogens (tertiary/aromatic N) is 3. The lowest BCUT2D eigenvalue weighted by atomic mass is 10.0. The fourth-order valence-corrected chi connectivity index (χ4v) is 4.69. The molecule has 0 N–H and O–H groups in total. The largest absolute Gasteiger partial charge is 0.305 e. The van der Waals surface area contributed by atoms with Crippen molar-refractivity contribution >= 4 is 21.8 Å². The number of piperidine rings is 1. The molecule has 0 unspecified atom stereocenters. The molecule has 112 valence electrons. The third kappa shape index (κ3) is 3.82. The molecule has 0 spiro atoms. The summed E-state index contributed by atoms with van der Waals surface area (Å²) in [6.07, 6.45) is 2.68. The van der Waals surface area contributed by atoms with E-state index in [1.54, 1.807) is 8.61 Å². The van der Waals surface area contributed by atoms with Gasteiger partial charge >= 0.3 is 0 Å². The predicted octanol–water partition coefficient (Wildman–Crippen LogP) is 0.819. The van der Waals surface area contributed by atoms with Crippen molar-refractivity contribution in [3.63, 3.8) is 0 Å². The van der Waals surface area contributed by atoms with Crippen LogP contribution >= 0.6 is 11.6 Å². The molecular formula is C12H24ClN3O2S. The maximum Gasteiger partial charge on any atom is 0.282 e. The van der Waals surface area contributed by atoms with Crippen LogP contribution in [0.5, 0.6) is 0 Å². The zero-order chi connectivity index (χ0) is 13.9. The molecule has 7 heteroatoms. The van der Waals surface area contributed by atoms with E-state index in [9.17, 15) is 8.42 Å². The van der Waals surface area contributed by atoms with E-state index in [0.29, 0.717) is 38.0 Å². The standard InChI is InChI=1S/C12H24ClN3O2S/c1-14-5-2-6-15(10-9-14)19(17,18)16-7-3-12(11-13)4-8-16/h12H,2-11H2,1H3. The van der Waals surface area contributed by atoms with Crippen LogP contribution in [0.25, 0.3) is 0 Å². The second-order valence-corrected chi connectivity index (χ2v) is 7.80. The van der Waals surface area contributed by atoms with Crippen molar-refractivity contribution in [3.8, 4) is 0 Å². The molecule has 2 fully saturated rings. The summed E-state index contributed by atoms with van der Waals surface area (Å²) in [7, 11) is -1.22. The Morgan fingerprint density at radius 1 is 1.00 bits per heavy atom. The lowest BCUT2D eigenvalue weighted by Crippen LogP contribution is -2.48. The molecule has 2 aliphatic rings. The third-order valence-corrected chi connectivity index (χ3v) is 6.59. The Hall–Kier alpha value is 0.120. The first-order chi connectivity index (χ1) is 9.04. The van der Waals surface area contributed by atoms with Crippen LogP contribution in [0.3, 0.4) is 0 Å². The molecule has 0 aromatic carbocycles. The minimum absolute atomic E-state index is 0.475. The van der Waals surface area contributed by atoms with Crippen LogP contribution < -0.4 is 0 Å². The highest BCUT2D eigenvalue weighted by molar-refractivity contribution is 7.86. The summed E-state index contributed by atoms with van der Waals surface area (Å²) in [6, 6.07) is 0. The second kappa shape index (κ2) is 6.72. The fourth-order valence-electron chi connectivity index (χ4n) is 2.71. The van der Waals surface area contributed by atoms with Gasteiger partial charge < -0.3 is 4.90 Å². The molecule has 2 heterocycles. The van der Waals surface area contributed by atoms with E-state index in [1.807, 2.05) is 7.05 Å². The average Bonchev–Trinajstić information content (AvgIpc) is 2.64. The van der Waals surface area contributed by atoms with E-state index in [2.05, 4.69) is 4.90 Å². The molecule has 0 amide bonds. The van der Waals surface area contributed by atoms with Crippen LogP contribution in [-0.2, 0) is 10.2 Å². The van der Waals surface area contributed by atoms with Crippen LogP contribution in [0.1, 0.15) is 19.3 Å². The van der Waals surface area contributed by atoms with Crippen LogP contribution in [0.2, 0.25) is 0 Å². The van der Waals surface area contributed by atoms with Gasteiger partial charge in [-0.15, -0.1) is 11.6 Å². The molecular weight excluding hydrogens is 286 g/mol. The summed E-state index contributed by atoms with van der Waals surface area (Å²) in [6.45, 7) is 4.27. The van der Waals surface area contributed by atoms with E-state index >= 15 is 0 Å². The van der Waals surface area contributed by atoms with Gasteiger partial charge in [-0.05, 0) is 38.8 Å². The summed E-state index contributed by atoms with van der Waals surface area (Å²) in [5.74, 6) is 1.12. The zero-order valence-corrected chi connectivity index (χ0v) is 13.2. The lowest BCUT2D eigenvalue weighted by Gasteiger charge is -2.34. The molecule has 2 rings (SSSR count). The molecule has 2 saturated heterocycles. The van der Waals surface area contributed by atoms with Crippen molar-refractivity contribution in [2.24, 2.45) is 5.92 Å². The van der Waals surface area contributed by atoms with Crippen molar-refractivity contribution < 1.29 is 8.42 Å². The first-order valence-electron chi connectivity index (χ1n) is 7.04. The summed E-state index contributed by atoms with van der Waals surface area (Å²) in [5, 5.41) is 0. The Bertz CT molecular complexity index is 382. The van der Waals surface area contributed by atoms with Gasteiger partial charge in [0.2, 0.25) is 0 Å². The minimum atomic E-state index is -3.27. The monoisotopic (exact) mass is 309 g/mol. The smallest absolute Gasteiger partial charge is 0.282 e. The van der Waals surface area contributed by atoms with Crippen LogP contribution in [0, 0.1) is 5.92 Å². The van der Waals surface area contributed by atoms with Crippen molar-refractivity contribution in [3.05, 3.63) is 0 Å². The molecule has 2 aliphatic heterocycles. The first kappa shape index (κ1) is 15.5. The summed E-state index contributed by atoms with van der Waals surface area (Å²) >= 11 is 5.84. The van der Waals surface area contributed by atoms with E-state index in [4.69, 9.17) is 11.6 Å². The first-order valence-corrected chi connectivity index (χ1v) is 8.97. The molecule has 0 radical (unpaired) electrons. The summed E-state index contributed by atoms with van der Waals surface area (Å²) in [5.41, 5.74) is 0. The lowest BCUT2D eigenvalue weighted by molar-refractivity contribution is 0.265. The Morgan fingerprint density at radius 2 is 1.63 bits per heavy atom. The molecule has 5 nitrogen and oxygen atoms in total. The summed E-state index contributed by atoms with van der Waals surface area (Å²) < 4.78 is 28.5. The topological polar surface area (TPSA) is 43.9 Å². The normalized spacial score (nSPS) is 26.4. The van der Waals surface area contributed by atoms with Crippen molar-refractivity contribution in [2.75, 3.05) is 52.2 Å². The van der Waals surface area contributed by atoms with Gasteiger partial charge in [0.15, 0.2) is 0 Å². The maximum atomic E-state index is 12.6. The quantitative estimate of drug-likeness (QED) is 0.725. The van der Waals surface area contributed by atoms with Gasteiger partial charge in [-0.3, -0.25) is 0 Å². The molecule has 0 aromatic heterocycles. The van der Waals surface area contributed by atoms with Gasteiger partial charge in [-0.25, -0.2) is 0 Å². The maximum absolute atomic E-state index is 12.6. The number of hydrogen-bond acceptors (Lipinski definition) is 3. The predicted molar refractivity (Wildman–Crippen MR) is 77.6 cm³/mol. The third-order valence-electron chi connectivity index (χ3n) is 4.12. The van der Waals surface area contributed by atoms with Crippen molar-refractivity contribution in [1.29, 1.82) is 0 Å². The zero-order valence-electron chi connectivity index (χ0n) is 11.6. The van der Waals surface area contributed by atoms with Gasteiger partial charge in [0.1, 0.15) is 0 Å². The van der Waals surface area contributed by atoms with E-state index in [0.717, 1.165) is 32.4 Å². The molecule has 0 aliphatic carbocycles. The van der Waals surface area contributed by atoms with Crippen LogP contribution in [0.15, 0.2) is 0 Å². The molecule has 0 atom stereocenters. The van der Waals surface area contributed by atoms with Crippen molar-refractivity contribution in [1.82, 2.24) is 13.5 Å². The van der Waals surface area contributed by atoms with Gasteiger partial charge in [0.05, 0.1) is 0 Å². The Labute approximate surface area is 121 Å². The van der Waals surface area contributed by atoms with Gasteiger partial charge in [-0.2, -0.15) is 17.0 Å². The number of rotatable bonds is 3. The average molecular weight is 310 g/mol. The molecule has 19 heavy (non-hydrogen) atoms.